The van der Waals surface area contributed by atoms with Crippen LogP contribution in [0, 0.1) is 0 Å². The zero-order chi connectivity index (χ0) is 16.5. The third-order valence-electron chi connectivity index (χ3n) is 3.07. The maximum absolute atomic E-state index is 11.9. The second-order valence-corrected chi connectivity index (χ2v) is 4.58. The van der Waals surface area contributed by atoms with Crippen LogP contribution in [-0.2, 0) is 0 Å². The topological polar surface area (TPSA) is 68.8 Å². The molecule has 0 fully saturated rings. The molecule has 2 amide bonds. The smallest absolute Gasteiger partial charge is 0.319 e. The van der Waals surface area contributed by atoms with E-state index in [-0.39, 0.29) is 6.03 Å². The highest BCUT2D eigenvalue weighted by Crippen LogP contribution is 2.25. The van der Waals surface area contributed by atoms with Gasteiger partial charge in [-0.1, -0.05) is 24.3 Å². The maximum Gasteiger partial charge on any atom is 0.319 e. The van der Waals surface area contributed by atoms with Crippen LogP contribution in [0.4, 0.5) is 10.5 Å². The lowest BCUT2D eigenvalue weighted by Crippen LogP contribution is -2.32. The van der Waals surface area contributed by atoms with Gasteiger partial charge in [0.25, 0.3) is 0 Å². The van der Waals surface area contributed by atoms with Crippen LogP contribution in [0.3, 0.4) is 0 Å². The van der Waals surface area contributed by atoms with E-state index in [1.54, 1.807) is 26.4 Å². The predicted molar refractivity (Wildman–Crippen MR) is 88.5 cm³/mol. The molecule has 0 saturated heterocycles. The molecular weight excluding hydrogens is 296 g/mol. The maximum atomic E-state index is 11.9. The van der Waals surface area contributed by atoms with Gasteiger partial charge in [-0.05, 0) is 24.3 Å². The largest absolute Gasteiger partial charge is 0.495 e. The summed E-state index contributed by atoms with van der Waals surface area (Å²) in [5, 5.41) is 5.45. The molecule has 0 saturated carbocycles. The van der Waals surface area contributed by atoms with Gasteiger partial charge in [0.05, 0.1) is 26.5 Å². The molecule has 0 aliphatic rings. The van der Waals surface area contributed by atoms with Crippen molar-refractivity contribution in [2.24, 2.45) is 0 Å². The fraction of sp³-hybridized carbons (Fsp3) is 0.235. The standard InChI is InChI=1S/C17H20N2O4/c1-21-14-8-4-3-7-13(14)19-17(20)18-11-12-23-16-10-6-5-9-15(16)22-2/h3-10H,11-12H2,1-2H3,(H2,18,19,20). The van der Waals surface area contributed by atoms with E-state index in [1.807, 2.05) is 36.4 Å². The highest BCUT2D eigenvalue weighted by molar-refractivity contribution is 5.90. The SMILES string of the molecule is COc1ccccc1NC(=O)NCCOc1ccccc1OC. The van der Waals surface area contributed by atoms with Gasteiger partial charge in [-0.15, -0.1) is 0 Å². The Hall–Kier alpha value is -2.89. The van der Waals surface area contributed by atoms with Gasteiger partial charge in [0.1, 0.15) is 12.4 Å². The number of hydrogen-bond donors (Lipinski definition) is 2. The zero-order valence-electron chi connectivity index (χ0n) is 13.2. The van der Waals surface area contributed by atoms with E-state index in [4.69, 9.17) is 14.2 Å². The van der Waals surface area contributed by atoms with E-state index in [1.165, 1.54) is 0 Å². The Morgan fingerprint density at radius 3 is 2.22 bits per heavy atom. The Morgan fingerprint density at radius 1 is 0.913 bits per heavy atom. The molecule has 2 rings (SSSR count). The molecule has 0 aromatic heterocycles. The van der Waals surface area contributed by atoms with E-state index in [0.717, 1.165) is 0 Å². The molecule has 0 radical (unpaired) electrons. The van der Waals surface area contributed by atoms with E-state index in [0.29, 0.717) is 36.1 Å². The molecule has 0 atom stereocenters. The molecule has 0 heterocycles. The number of carbonyl (C=O) groups is 1. The van der Waals surface area contributed by atoms with Crippen LogP contribution in [0.1, 0.15) is 0 Å². The van der Waals surface area contributed by atoms with Crippen molar-refractivity contribution >= 4 is 11.7 Å². The second-order valence-electron chi connectivity index (χ2n) is 4.58. The van der Waals surface area contributed by atoms with Crippen molar-refractivity contribution in [3.8, 4) is 17.2 Å². The van der Waals surface area contributed by atoms with Crippen LogP contribution in [0.15, 0.2) is 48.5 Å². The van der Waals surface area contributed by atoms with E-state index >= 15 is 0 Å². The Labute approximate surface area is 135 Å². The third kappa shape index (κ3) is 4.81. The number of hydrogen-bond acceptors (Lipinski definition) is 4. The number of para-hydroxylation sites is 4. The molecular formula is C17H20N2O4. The monoisotopic (exact) mass is 316 g/mol. The minimum atomic E-state index is -0.321. The van der Waals surface area contributed by atoms with Gasteiger partial charge in [-0.25, -0.2) is 4.79 Å². The first-order chi connectivity index (χ1) is 11.2. The number of carbonyl (C=O) groups excluding carboxylic acids is 1. The van der Waals surface area contributed by atoms with Gasteiger partial charge in [-0.2, -0.15) is 0 Å². The lowest BCUT2D eigenvalue weighted by atomic mass is 10.3. The number of amides is 2. The highest BCUT2D eigenvalue weighted by Gasteiger charge is 2.06. The minimum Gasteiger partial charge on any atom is -0.495 e. The summed E-state index contributed by atoms with van der Waals surface area (Å²) in [5.74, 6) is 1.90. The van der Waals surface area contributed by atoms with Crippen molar-refractivity contribution in [3.63, 3.8) is 0 Å². The summed E-state index contributed by atoms with van der Waals surface area (Å²) in [6.45, 7) is 0.693. The Bertz CT molecular complexity index is 646. The van der Waals surface area contributed by atoms with Crippen LogP contribution in [-0.4, -0.2) is 33.4 Å². The first-order valence-corrected chi connectivity index (χ1v) is 7.18. The number of methoxy groups -OCH3 is 2. The van der Waals surface area contributed by atoms with Crippen molar-refractivity contribution in [2.45, 2.75) is 0 Å². The molecule has 0 bridgehead atoms. The van der Waals surface area contributed by atoms with E-state index in [2.05, 4.69) is 10.6 Å². The summed E-state index contributed by atoms with van der Waals surface area (Å²) < 4.78 is 15.9. The summed E-state index contributed by atoms with van der Waals surface area (Å²) in [6.07, 6.45) is 0. The van der Waals surface area contributed by atoms with Crippen molar-refractivity contribution < 1.29 is 19.0 Å². The average molecular weight is 316 g/mol. The Morgan fingerprint density at radius 2 is 1.52 bits per heavy atom. The zero-order valence-corrected chi connectivity index (χ0v) is 13.2. The van der Waals surface area contributed by atoms with Crippen molar-refractivity contribution in [1.29, 1.82) is 0 Å². The van der Waals surface area contributed by atoms with Crippen LogP contribution in [0.2, 0.25) is 0 Å². The van der Waals surface area contributed by atoms with Gasteiger partial charge >= 0.3 is 6.03 Å². The average Bonchev–Trinajstić information content (AvgIpc) is 2.59. The summed E-state index contributed by atoms with van der Waals surface area (Å²) >= 11 is 0. The number of ether oxygens (including phenoxy) is 3. The number of nitrogens with one attached hydrogen (secondary N) is 2. The predicted octanol–water partition coefficient (Wildman–Crippen LogP) is 2.90. The molecule has 23 heavy (non-hydrogen) atoms. The molecule has 0 aliphatic heterocycles. The highest BCUT2D eigenvalue weighted by atomic mass is 16.5. The van der Waals surface area contributed by atoms with Crippen molar-refractivity contribution in [2.75, 3.05) is 32.7 Å². The molecule has 0 unspecified atom stereocenters. The van der Waals surface area contributed by atoms with Crippen LogP contribution < -0.4 is 24.8 Å². The van der Waals surface area contributed by atoms with Crippen molar-refractivity contribution in [1.82, 2.24) is 5.32 Å². The first-order valence-electron chi connectivity index (χ1n) is 7.18. The van der Waals surface area contributed by atoms with Crippen LogP contribution in [0.5, 0.6) is 17.2 Å². The van der Waals surface area contributed by atoms with Crippen LogP contribution >= 0.6 is 0 Å². The Balaban J connectivity index is 1.77. The molecule has 6 heteroatoms. The number of benzene rings is 2. The fourth-order valence-corrected chi connectivity index (χ4v) is 1.98. The molecule has 0 aliphatic carbocycles. The van der Waals surface area contributed by atoms with Gasteiger partial charge in [-0.3, -0.25) is 0 Å². The third-order valence-corrected chi connectivity index (χ3v) is 3.07. The van der Waals surface area contributed by atoms with Gasteiger partial charge < -0.3 is 24.8 Å². The molecule has 2 aromatic carbocycles. The number of urea groups is 1. The van der Waals surface area contributed by atoms with Gasteiger partial charge in [0.2, 0.25) is 0 Å². The molecule has 122 valence electrons. The van der Waals surface area contributed by atoms with E-state index < -0.39 is 0 Å². The van der Waals surface area contributed by atoms with Gasteiger partial charge in [0, 0.05) is 0 Å². The molecule has 0 spiro atoms. The number of rotatable bonds is 7. The van der Waals surface area contributed by atoms with E-state index in [9.17, 15) is 4.79 Å². The number of anilines is 1. The molecule has 2 N–H and O–H groups in total. The molecule has 2 aromatic rings. The molecule has 6 nitrogen and oxygen atoms in total. The summed E-state index contributed by atoms with van der Waals surface area (Å²) in [7, 11) is 3.14. The fourth-order valence-electron chi connectivity index (χ4n) is 1.98. The lowest BCUT2D eigenvalue weighted by molar-refractivity contribution is 0.246. The second kappa shape index (κ2) is 8.53. The summed E-state index contributed by atoms with van der Waals surface area (Å²) in [5.41, 5.74) is 0.609. The van der Waals surface area contributed by atoms with Crippen LogP contribution in [0.25, 0.3) is 0 Å². The minimum absolute atomic E-state index is 0.321. The lowest BCUT2D eigenvalue weighted by Gasteiger charge is -2.12. The quantitative estimate of drug-likeness (QED) is 0.771. The summed E-state index contributed by atoms with van der Waals surface area (Å²) in [4.78, 5) is 11.9. The van der Waals surface area contributed by atoms with Crippen molar-refractivity contribution in [3.05, 3.63) is 48.5 Å². The van der Waals surface area contributed by atoms with Gasteiger partial charge in [0.15, 0.2) is 11.5 Å². The Kier molecular flexibility index (Phi) is 6.11. The summed E-state index contributed by atoms with van der Waals surface area (Å²) in [6, 6.07) is 14.2. The first kappa shape index (κ1) is 16.5. The normalized spacial score (nSPS) is 9.83.